The highest BCUT2D eigenvalue weighted by atomic mass is 16.6. The number of ether oxygens (including phenoxy) is 2. The highest BCUT2D eigenvalue weighted by Gasteiger charge is 2.52. The van der Waals surface area contributed by atoms with Crippen LogP contribution in [-0.2, 0) is 19.1 Å². The molecule has 2 fully saturated rings. The third-order valence-corrected chi connectivity index (χ3v) is 3.87. The van der Waals surface area contributed by atoms with E-state index in [9.17, 15) is 9.59 Å². The van der Waals surface area contributed by atoms with Crippen LogP contribution in [0.4, 0.5) is 0 Å². The summed E-state index contributed by atoms with van der Waals surface area (Å²) < 4.78 is 10.3. The summed E-state index contributed by atoms with van der Waals surface area (Å²) in [4.78, 5) is 22.7. The van der Waals surface area contributed by atoms with Crippen molar-refractivity contribution < 1.29 is 19.1 Å². The van der Waals surface area contributed by atoms with Crippen LogP contribution in [0.3, 0.4) is 0 Å². The number of fused-ring (bicyclic) bond motifs is 1. The molecular weight excluding hydrogens is 232 g/mol. The molecule has 0 unspecified atom stereocenters. The first-order valence-electron chi connectivity index (χ1n) is 7.12. The Hall–Kier alpha value is -1.06. The Morgan fingerprint density at radius 3 is 2.56 bits per heavy atom. The Kier molecular flexibility index (Phi) is 4.61. The molecule has 102 valence electrons. The second-order valence-corrected chi connectivity index (χ2v) is 5.31. The van der Waals surface area contributed by atoms with Crippen LogP contribution in [-0.4, -0.2) is 24.1 Å². The summed E-state index contributed by atoms with van der Waals surface area (Å²) in [6.07, 6.45) is 7.84. The molecule has 0 aliphatic carbocycles. The number of esters is 2. The molecule has 2 heterocycles. The van der Waals surface area contributed by atoms with Crippen molar-refractivity contribution in [2.75, 3.05) is 0 Å². The van der Waals surface area contributed by atoms with Gasteiger partial charge in [0.05, 0.1) is 12.3 Å². The molecule has 0 N–H and O–H groups in total. The van der Waals surface area contributed by atoms with Gasteiger partial charge in [-0.1, -0.05) is 39.0 Å². The number of carbonyl (C=O) groups excluding carboxylic acids is 2. The number of hydrogen-bond acceptors (Lipinski definition) is 4. The Labute approximate surface area is 108 Å². The van der Waals surface area contributed by atoms with Gasteiger partial charge >= 0.3 is 11.9 Å². The molecule has 0 aromatic rings. The van der Waals surface area contributed by atoms with Gasteiger partial charge in [0.15, 0.2) is 0 Å². The third kappa shape index (κ3) is 3.03. The van der Waals surface area contributed by atoms with Crippen LogP contribution < -0.4 is 0 Å². The molecule has 4 nitrogen and oxygen atoms in total. The van der Waals surface area contributed by atoms with Crippen molar-refractivity contribution in [2.24, 2.45) is 5.92 Å². The maximum absolute atomic E-state index is 11.5. The van der Waals surface area contributed by atoms with Gasteiger partial charge in [0, 0.05) is 0 Å². The fourth-order valence-electron chi connectivity index (χ4n) is 2.83. The van der Waals surface area contributed by atoms with Crippen molar-refractivity contribution in [3.05, 3.63) is 0 Å². The van der Waals surface area contributed by atoms with Gasteiger partial charge in [-0.05, 0) is 12.8 Å². The summed E-state index contributed by atoms with van der Waals surface area (Å²) in [5.41, 5.74) is 0. The fourth-order valence-corrected chi connectivity index (χ4v) is 2.83. The van der Waals surface area contributed by atoms with E-state index in [-0.39, 0.29) is 24.0 Å². The SMILES string of the molecule is CCCCCCCC[C@H]1OC(=O)[C@H]2OC(=O)C[C@H]21. The van der Waals surface area contributed by atoms with Crippen LogP contribution in [0.5, 0.6) is 0 Å². The molecule has 4 heteroatoms. The molecule has 2 aliphatic rings. The maximum Gasteiger partial charge on any atom is 0.348 e. The van der Waals surface area contributed by atoms with E-state index in [1.54, 1.807) is 0 Å². The second kappa shape index (κ2) is 6.21. The Morgan fingerprint density at radius 2 is 1.78 bits per heavy atom. The zero-order chi connectivity index (χ0) is 13.0. The normalized spacial score (nSPS) is 30.2. The smallest absolute Gasteiger partial charge is 0.348 e. The number of cyclic esters (lactones) is 1. The molecule has 0 bridgehead atoms. The number of unbranched alkanes of at least 4 members (excludes halogenated alkanes) is 5. The lowest BCUT2D eigenvalue weighted by Crippen LogP contribution is -2.20. The van der Waals surface area contributed by atoms with Crippen LogP contribution >= 0.6 is 0 Å². The third-order valence-electron chi connectivity index (χ3n) is 3.87. The number of hydrogen-bond donors (Lipinski definition) is 0. The predicted molar refractivity (Wildman–Crippen MR) is 65.9 cm³/mol. The molecule has 2 aliphatic heterocycles. The molecule has 2 saturated heterocycles. The van der Waals surface area contributed by atoms with Gasteiger partial charge in [-0.15, -0.1) is 0 Å². The molecular formula is C14H22O4. The Bertz CT molecular complexity index is 313. The van der Waals surface area contributed by atoms with E-state index in [4.69, 9.17) is 9.47 Å². The summed E-state index contributed by atoms with van der Waals surface area (Å²) in [5, 5.41) is 0. The van der Waals surface area contributed by atoms with Crippen molar-refractivity contribution >= 4 is 11.9 Å². The average Bonchev–Trinajstić information content (AvgIpc) is 2.85. The molecule has 3 atom stereocenters. The summed E-state index contributed by atoms with van der Waals surface area (Å²) >= 11 is 0. The highest BCUT2D eigenvalue weighted by Crippen LogP contribution is 2.36. The molecule has 18 heavy (non-hydrogen) atoms. The van der Waals surface area contributed by atoms with Gasteiger partial charge in [-0.3, -0.25) is 4.79 Å². The van der Waals surface area contributed by atoms with Gasteiger partial charge in [-0.2, -0.15) is 0 Å². The van der Waals surface area contributed by atoms with Crippen LogP contribution in [0.2, 0.25) is 0 Å². The van der Waals surface area contributed by atoms with Crippen molar-refractivity contribution in [1.82, 2.24) is 0 Å². The van der Waals surface area contributed by atoms with E-state index in [0.29, 0.717) is 6.42 Å². The van der Waals surface area contributed by atoms with E-state index in [1.807, 2.05) is 0 Å². The topological polar surface area (TPSA) is 52.6 Å². The van der Waals surface area contributed by atoms with Gasteiger partial charge in [0.2, 0.25) is 6.10 Å². The van der Waals surface area contributed by atoms with E-state index in [1.165, 1.54) is 32.1 Å². The maximum atomic E-state index is 11.5. The van der Waals surface area contributed by atoms with Crippen molar-refractivity contribution in [3.8, 4) is 0 Å². The zero-order valence-electron chi connectivity index (χ0n) is 11.0. The Morgan fingerprint density at radius 1 is 1.06 bits per heavy atom. The minimum atomic E-state index is -0.609. The lowest BCUT2D eigenvalue weighted by molar-refractivity contribution is -0.158. The van der Waals surface area contributed by atoms with Crippen molar-refractivity contribution in [2.45, 2.75) is 70.5 Å². The molecule has 0 saturated carbocycles. The van der Waals surface area contributed by atoms with Crippen molar-refractivity contribution in [3.63, 3.8) is 0 Å². The van der Waals surface area contributed by atoms with Gasteiger partial charge < -0.3 is 9.47 Å². The molecule has 0 spiro atoms. The standard InChI is InChI=1S/C14H22O4/c1-2-3-4-5-6-7-8-11-10-9-12(15)18-13(10)14(16)17-11/h10-11,13H,2-9H2,1H3/t10-,11+,13-/m0/s1. The summed E-state index contributed by atoms with van der Waals surface area (Å²) in [7, 11) is 0. The molecule has 0 aromatic heterocycles. The summed E-state index contributed by atoms with van der Waals surface area (Å²) in [5.74, 6) is -0.628. The predicted octanol–water partition coefficient (Wildman–Crippen LogP) is 2.59. The largest absolute Gasteiger partial charge is 0.459 e. The Balaban J connectivity index is 1.67. The van der Waals surface area contributed by atoms with E-state index in [2.05, 4.69) is 6.92 Å². The van der Waals surface area contributed by atoms with Crippen LogP contribution in [0, 0.1) is 5.92 Å². The summed E-state index contributed by atoms with van der Waals surface area (Å²) in [6, 6.07) is 0. The average molecular weight is 254 g/mol. The molecule has 0 amide bonds. The fraction of sp³-hybridized carbons (Fsp3) is 0.857. The van der Waals surface area contributed by atoms with Crippen LogP contribution in [0.15, 0.2) is 0 Å². The molecule has 2 rings (SSSR count). The second-order valence-electron chi connectivity index (χ2n) is 5.31. The van der Waals surface area contributed by atoms with Gasteiger partial charge in [0.25, 0.3) is 0 Å². The molecule has 0 radical (unpaired) electrons. The van der Waals surface area contributed by atoms with E-state index < -0.39 is 6.10 Å². The molecule has 0 aromatic carbocycles. The van der Waals surface area contributed by atoms with E-state index in [0.717, 1.165) is 12.8 Å². The highest BCUT2D eigenvalue weighted by molar-refractivity contribution is 5.85. The van der Waals surface area contributed by atoms with Gasteiger partial charge in [-0.25, -0.2) is 4.79 Å². The van der Waals surface area contributed by atoms with Gasteiger partial charge in [0.1, 0.15) is 6.10 Å². The first-order chi connectivity index (χ1) is 8.72. The lowest BCUT2D eigenvalue weighted by Gasteiger charge is -2.13. The summed E-state index contributed by atoms with van der Waals surface area (Å²) in [6.45, 7) is 2.20. The number of carbonyl (C=O) groups is 2. The lowest BCUT2D eigenvalue weighted by atomic mass is 9.93. The minimum absolute atomic E-state index is 0.0272. The van der Waals surface area contributed by atoms with E-state index >= 15 is 0 Å². The number of rotatable bonds is 7. The van der Waals surface area contributed by atoms with Crippen LogP contribution in [0.1, 0.15) is 58.3 Å². The quantitative estimate of drug-likeness (QED) is 0.517. The van der Waals surface area contributed by atoms with Crippen LogP contribution in [0.25, 0.3) is 0 Å². The van der Waals surface area contributed by atoms with Crippen molar-refractivity contribution in [1.29, 1.82) is 0 Å². The minimum Gasteiger partial charge on any atom is -0.459 e. The first-order valence-corrected chi connectivity index (χ1v) is 7.12. The first kappa shape index (κ1) is 13.4. The zero-order valence-corrected chi connectivity index (χ0v) is 11.0. The monoisotopic (exact) mass is 254 g/mol.